The minimum absolute atomic E-state index is 0.319. The average Bonchev–Trinajstić information content (AvgIpc) is 2.84. The van der Waals surface area contributed by atoms with Crippen LogP contribution in [0.5, 0.6) is 11.5 Å². The summed E-state index contributed by atoms with van der Waals surface area (Å²) in [4.78, 5) is 11.2. The van der Waals surface area contributed by atoms with E-state index in [2.05, 4.69) is 12.1 Å². The Morgan fingerprint density at radius 2 is 1.76 bits per heavy atom. The molecule has 178 valence electrons. The van der Waals surface area contributed by atoms with E-state index in [0.717, 1.165) is 39.3 Å². The fourth-order valence-electron chi connectivity index (χ4n) is 3.55. The number of benzene rings is 3. The molecule has 0 saturated heterocycles. The molecule has 0 aliphatic rings. The van der Waals surface area contributed by atoms with Gasteiger partial charge in [-0.15, -0.1) is 0 Å². The van der Waals surface area contributed by atoms with E-state index >= 15 is 0 Å². The van der Waals surface area contributed by atoms with Crippen LogP contribution in [0.2, 0.25) is 5.02 Å². The molecule has 34 heavy (non-hydrogen) atoms. The zero-order valence-electron chi connectivity index (χ0n) is 19.6. The van der Waals surface area contributed by atoms with Crippen LogP contribution in [-0.4, -0.2) is 37.5 Å². The summed E-state index contributed by atoms with van der Waals surface area (Å²) in [5.41, 5.74) is 5.06. The van der Waals surface area contributed by atoms with Gasteiger partial charge in [-0.1, -0.05) is 48.0 Å². The van der Waals surface area contributed by atoms with Crippen LogP contribution in [0.3, 0.4) is 0 Å². The summed E-state index contributed by atoms with van der Waals surface area (Å²) >= 11 is 6.16. The Kier molecular flexibility index (Phi) is 9.14. The maximum Gasteiger partial charge on any atom is 0.333 e. The molecule has 0 fully saturated rings. The Labute approximate surface area is 205 Å². The lowest BCUT2D eigenvalue weighted by atomic mass is 10.0. The Balaban J connectivity index is 1.59. The van der Waals surface area contributed by atoms with Crippen molar-refractivity contribution in [2.24, 2.45) is 0 Å². The lowest BCUT2D eigenvalue weighted by molar-refractivity contribution is -0.149. The summed E-state index contributed by atoms with van der Waals surface area (Å²) in [5.74, 6) is 0.544. The first-order valence-electron chi connectivity index (χ1n) is 11.1. The van der Waals surface area contributed by atoms with Crippen molar-refractivity contribution in [1.82, 2.24) is 0 Å². The van der Waals surface area contributed by atoms with Crippen LogP contribution in [0.25, 0.3) is 16.7 Å². The van der Waals surface area contributed by atoms with Crippen LogP contribution in [0.1, 0.15) is 25.0 Å². The van der Waals surface area contributed by atoms with Crippen molar-refractivity contribution >= 4 is 23.1 Å². The van der Waals surface area contributed by atoms with Gasteiger partial charge < -0.3 is 19.3 Å². The van der Waals surface area contributed by atoms with Crippen molar-refractivity contribution in [2.45, 2.75) is 26.4 Å². The molecule has 6 heteroatoms. The van der Waals surface area contributed by atoms with Gasteiger partial charge in [0.05, 0.1) is 7.11 Å². The Morgan fingerprint density at radius 3 is 2.38 bits per heavy atom. The summed E-state index contributed by atoms with van der Waals surface area (Å²) < 4.78 is 16.6. The van der Waals surface area contributed by atoms with Crippen molar-refractivity contribution in [2.75, 3.05) is 20.3 Å². The number of aliphatic carboxylic acids is 1. The van der Waals surface area contributed by atoms with Gasteiger partial charge in [0.25, 0.3) is 0 Å². The van der Waals surface area contributed by atoms with Crippen LogP contribution in [-0.2, 0) is 16.0 Å². The topological polar surface area (TPSA) is 65.0 Å². The first-order chi connectivity index (χ1) is 16.4. The minimum atomic E-state index is -0.956. The molecule has 0 spiro atoms. The first kappa shape index (κ1) is 25.3. The summed E-state index contributed by atoms with van der Waals surface area (Å²) in [7, 11) is 1.65. The molecule has 0 aliphatic carbocycles. The highest BCUT2D eigenvalue weighted by Gasteiger charge is 2.17. The summed E-state index contributed by atoms with van der Waals surface area (Å²) in [5, 5.41) is 9.89. The zero-order valence-corrected chi connectivity index (χ0v) is 20.3. The Hall–Kier alpha value is -3.28. The highest BCUT2D eigenvalue weighted by molar-refractivity contribution is 6.31. The predicted molar refractivity (Wildman–Crippen MR) is 136 cm³/mol. The molecule has 1 atom stereocenters. The average molecular weight is 481 g/mol. The molecular formula is C28H29ClO5. The van der Waals surface area contributed by atoms with Crippen LogP contribution in [0.4, 0.5) is 0 Å². The first-order valence-corrected chi connectivity index (χ1v) is 11.5. The maximum atomic E-state index is 11.2. The van der Waals surface area contributed by atoms with Gasteiger partial charge in [0, 0.05) is 23.6 Å². The largest absolute Gasteiger partial charge is 0.496 e. The van der Waals surface area contributed by atoms with E-state index < -0.39 is 12.1 Å². The quantitative estimate of drug-likeness (QED) is 0.338. The van der Waals surface area contributed by atoms with E-state index in [-0.39, 0.29) is 0 Å². The number of carboxylic acid groups (broad SMARTS) is 1. The van der Waals surface area contributed by atoms with Gasteiger partial charge in [-0.05, 0) is 72.5 Å². The zero-order chi connectivity index (χ0) is 24.5. The molecule has 1 N–H and O–H groups in total. The highest BCUT2D eigenvalue weighted by Crippen LogP contribution is 2.33. The Bertz CT molecular complexity index is 1120. The van der Waals surface area contributed by atoms with Gasteiger partial charge in [0.15, 0.2) is 6.10 Å². The van der Waals surface area contributed by atoms with Gasteiger partial charge in [-0.3, -0.25) is 0 Å². The third kappa shape index (κ3) is 6.86. The second-order valence-corrected chi connectivity index (χ2v) is 8.19. The number of hydrogen-bond donors (Lipinski definition) is 1. The van der Waals surface area contributed by atoms with E-state index in [1.165, 1.54) is 0 Å². The van der Waals surface area contributed by atoms with Crippen LogP contribution in [0, 0.1) is 0 Å². The number of carbonyl (C=O) groups is 1. The lowest BCUT2D eigenvalue weighted by Gasteiger charge is -2.12. The van der Waals surface area contributed by atoms with Crippen LogP contribution in [0.15, 0.2) is 72.8 Å². The van der Waals surface area contributed by atoms with Crippen molar-refractivity contribution in [3.63, 3.8) is 0 Å². The van der Waals surface area contributed by atoms with Gasteiger partial charge >= 0.3 is 5.97 Å². The molecule has 0 radical (unpaired) electrons. The monoisotopic (exact) mass is 480 g/mol. The summed E-state index contributed by atoms with van der Waals surface area (Å²) in [6.45, 7) is 4.61. The number of carboxylic acids is 1. The molecule has 3 rings (SSSR count). The van der Waals surface area contributed by atoms with Gasteiger partial charge in [0.2, 0.25) is 0 Å². The number of allylic oxidation sites excluding steroid dienone is 1. The molecular weight excluding hydrogens is 452 g/mol. The lowest BCUT2D eigenvalue weighted by Crippen LogP contribution is -2.26. The fraction of sp³-hybridized carbons (Fsp3) is 0.250. The van der Waals surface area contributed by atoms with E-state index in [1.807, 2.05) is 67.6 Å². The molecule has 0 saturated carbocycles. The molecule has 0 aliphatic heterocycles. The predicted octanol–water partition coefficient (Wildman–Crippen LogP) is 6.53. The number of halogens is 1. The number of rotatable bonds is 11. The van der Waals surface area contributed by atoms with Crippen molar-refractivity contribution in [3.05, 3.63) is 89.0 Å². The number of methoxy groups -OCH3 is 1. The van der Waals surface area contributed by atoms with E-state index in [1.54, 1.807) is 14.0 Å². The maximum absolute atomic E-state index is 11.2. The molecule has 0 amide bonds. The highest BCUT2D eigenvalue weighted by atomic mass is 35.5. The molecule has 0 aromatic heterocycles. The molecule has 0 bridgehead atoms. The molecule has 3 aromatic rings. The van der Waals surface area contributed by atoms with Crippen molar-refractivity contribution in [3.8, 4) is 22.6 Å². The molecule has 5 nitrogen and oxygen atoms in total. The SMILES string of the molecule is CCOC(Cc1ccc(OC/C=C(\C)c2ccc(-c3cc(Cl)ccc3OC)cc2)cc1)C(=O)O. The smallest absolute Gasteiger partial charge is 0.333 e. The van der Waals surface area contributed by atoms with Crippen molar-refractivity contribution in [1.29, 1.82) is 0 Å². The third-order valence-corrected chi connectivity index (χ3v) is 5.68. The summed E-state index contributed by atoms with van der Waals surface area (Å²) in [6.07, 6.45) is 1.51. The second-order valence-electron chi connectivity index (χ2n) is 7.75. The molecule has 0 heterocycles. The van der Waals surface area contributed by atoms with E-state index in [9.17, 15) is 9.90 Å². The van der Waals surface area contributed by atoms with Crippen LogP contribution >= 0.6 is 11.6 Å². The van der Waals surface area contributed by atoms with Gasteiger partial charge in [-0.25, -0.2) is 4.79 Å². The normalized spacial score (nSPS) is 12.3. The Morgan fingerprint density at radius 1 is 1.06 bits per heavy atom. The van der Waals surface area contributed by atoms with E-state index in [4.69, 9.17) is 25.8 Å². The number of ether oxygens (including phenoxy) is 3. The minimum Gasteiger partial charge on any atom is -0.496 e. The van der Waals surface area contributed by atoms with Crippen LogP contribution < -0.4 is 9.47 Å². The van der Waals surface area contributed by atoms with Crippen molar-refractivity contribution < 1.29 is 24.1 Å². The fourth-order valence-corrected chi connectivity index (χ4v) is 3.73. The van der Waals surface area contributed by atoms with Gasteiger partial charge in [0.1, 0.15) is 18.1 Å². The van der Waals surface area contributed by atoms with Gasteiger partial charge in [-0.2, -0.15) is 0 Å². The summed E-state index contributed by atoms with van der Waals surface area (Å²) in [6, 6.07) is 21.2. The number of hydrogen-bond acceptors (Lipinski definition) is 4. The second kappa shape index (κ2) is 12.3. The van der Waals surface area contributed by atoms with E-state index in [0.29, 0.717) is 24.7 Å². The molecule has 3 aromatic carbocycles. The molecule has 1 unspecified atom stereocenters. The third-order valence-electron chi connectivity index (χ3n) is 5.44. The standard InChI is InChI=1S/C28H29ClO5/c1-4-33-27(28(30)31)17-20-5-12-24(13-6-20)34-16-15-19(2)21-7-9-22(10-8-21)25-18-23(29)11-14-26(25)32-3/h5-15,18,27H,4,16-17H2,1-3H3,(H,30,31)/b19-15+.